The first kappa shape index (κ1) is 18.6. The van der Waals surface area contributed by atoms with Gasteiger partial charge in [-0.25, -0.2) is 0 Å². The number of ketones is 1. The first-order valence-electron chi connectivity index (χ1n) is 9.12. The Balaban J connectivity index is 2.03. The van der Waals surface area contributed by atoms with Crippen molar-refractivity contribution < 1.29 is 14.3 Å². The van der Waals surface area contributed by atoms with Gasteiger partial charge < -0.3 is 10.1 Å². The van der Waals surface area contributed by atoms with E-state index in [1.807, 2.05) is 67.6 Å². The van der Waals surface area contributed by atoms with Crippen LogP contribution in [0.3, 0.4) is 0 Å². The second-order valence-corrected chi connectivity index (χ2v) is 6.38. The maximum absolute atomic E-state index is 12.9. The van der Waals surface area contributed by atoms with E-state index in [-0.39, 0.29) is 11.7 Å². The van der Waals surface area contributed by atoms with E-state index in [0.29, 0.717) is 30.7 Å². The van der Waals surface area contributed by atoms with E-state index in [9.17, 15) is 9.59 Å². The first-order chi connectivity index (χ1) is 13.1. The summed E-state index contributed by atoms with van der Waals surface area (Å²) in [4.78, 5) is 24.1. The molecule has 0 atom stereocenters. The average Bonchev–Trinajstić information content (AvgIpc) is 2.68. The summed E-state index contributed by atoms with van der Waals surface area (Å²) < 4.78 is 5.62. The van der Waals surface area contributed by atoms with Crippen molar-refractivity contribution in [3.8, 4) is 5.75 Å². The fourth-order valence-corrected chi connectivity index (χ4v) is 3.14. The van der Waals surface area contributed by atoms with Crippen LogP contribution in [0, 0.1) is 0 Å². The van der Waals surface area contributed by atoms with Crippen LogP contribution in [-0.2, 0) is 11.2 Å². The SMILES string of the molecule is CCOc1ccc2cc(C(=O)c3ccccc3)cc(CCNC(C)=O)c2c1. The summed E-state index contributed by atoms with van der Waals surface area (Å²) in [5.41, 5.74) is 2.33. The molecule has 0 bridgehead atoms. The van der Waals surface area contributed by atoms with Crippen LogP contribution in [0.25, 0.3) is 10.8 Å². The molecule has 0 fully saturated rings. The van der Waals surface area contributed by atoms with Crippen molar-refractivity contribution in [3.05, 3.63) is 77.4 Å². The lowest BCUT2D eigenvalue weighted by Crippen LogP contribution is -2.22. The smallest absolute Gasteiger partial charge is 0.216 e. The summed E-state index contributed by atoms with van der Waals surface area (Å²) in [6.45, 7) is 4.56. The lowest BCUT2D eigenvalue weighted by molar-refractivity contribution is -0.118. The molecule has 138 valence electrons. The normalized spacial score (nSPS) is 10.6. The van der Waals surface area contributed by atoms with E-state index in [0.717, 1.165) is 22.1 Å². The predicted molar refractivity (Wildman–Crippen MR) is 107 cm³/mol. The van der Waals surface area contributed by atoms with Gasteiger partial charge in [-0.1, -0.05) is 36.4 Å². The molecule has 3 aromatic carbocycles. The number of fused-ring (bicyclic) bond motifs is 1. The summed E-state index contributed by atoms with van der Waals surface area (Å²) in [6.07, 6.45) is 0.640. The van der Waals surface area contributed by atoms with Gasteiger partial charge in [0, 0.05) is 24.6 Å². The molecule has 0 aliphatic heterocycles. The van der Waals surface area contributed by atoms with Crippen LogP contribution in [0.1, 0.15) is 35.3 Å². The van der Waals surface area contributed by atoms with Crippen molar-refractivity contribution in [2.45, 2.75) is 20.3 Å². The highest BCUT2D eigenvalue weighted by Gasteiger charge is 2.13. The van der Waals surface area contributed by atoms with Crippen LogP contribution in [0.4, 0.5) is 0 Å². The number of nitrogens with one attached hydrogen (secondary N) is 1. The zero-order valence-electron chi connectivity index (χ0n) is 15.6. The molecule has 0 spiro atoms. The minimum absolute atomic E-state index is 0.00726. The third-order valence-corrected chi connectivity index (χ3v) is 4.39. The molecule has 0 saturated carbocycles. The summed E-state index contributed by atoms with van der Waals surface area (Å²) in [5, 5.41) is 4.85. The van der Waals surface area contributed by atoms with Gasteiger partial charge in [0.25, 0.3) is 0 Å². The first-order valence-corrected chi connectivity index (χ1v) is 9.12. The third-order valence-electron chi connectivity index (χ3n) is 4.39. The lowest BCUT2D eigenvalue weighted by Gasteiger charge is -2.12. The van der Waals surface area contributed by atoms with Gasteiger partial charge in [0.15, 0.2) is 5.78 Å². The fourth-order valence-electron chi connectivity index (χ4n) is 3.14. The van der Waals surface area contributed by atoms with Crippen LogP contribution in [0.2, 0.25) is 0 Å². The van der Waals surface area contributed by atoms with Gasteiger partial charge >= 0.3 is 0 Å². The summed E-state index contributed by atoms with van der Waals surface area (Å²) >= 11 is 0. The fraction of sp³-hybridized carbons (Fsp3) is 0.217. The summed E-state index contributed by atoms with van der Waals surface area (Å²) in [5.74, 6) is 0.728. The number of benzene rings is 3. The van der Waals surface area contributed by atoms with Gasteiger partial charge in [-0.3, -0.25) is 9.59 Å². The van der Waals surface area contributed by atoms with E-state index in [2.05, 4.69) is 5.32 Å². The number of ether oxygens (including phenoxy) is 1. The summed E-state index contributed by atoms with van der Waals surface area (Å²) in [6, 6.07) is 19.0. The van der Waals surface area contributed by atoms with Gasteiger partial charge in [-0.2, -0.15) is 0 Å². The van der Waals surface area contributed by atoms with E-state index >= 15 is 0 Å². The molecule has 4 nitrogen and oxygen atoms in total. The van der Waals surface area contributed by atoms with Crippen LogP contribution in [0.5, 0.6) is 5.75 Å². The van der Waals surface area contributed by atoms with Gasteiger partial charge in [-0.15, -0.1) is 0 Å². The Bertz CT molecular complexity index is 964. The molecule has 0 saturated heterocycles. The van der Waals surface area contributed by atoms with E-state index in [1.165, 1.54) is 6.92 Å². The molecular formula is C23H23NO3. The highest BCUT2D eigenvalue weighted by Crippen LogP contribution is 2.27. The predicted octanol–water partition coefficient (Wildman–Crippen LogP) is 4.15. The maximum atomic E-state index is 12.9. The van der Waals surface area contributed by atoms with Crippen LogP contribution < -0.4 is 10.1 Å². The second-order valence-electron chi connectivity index (χ2n) is 6.38. The maximum Gasteiger partial charge on any atom is 0.216 e. The van der Waals surface area contributed by atoms with Gasteiger partial charge in [0.2, 0.25) is 5.91 Å². The monoisotopic (exact) mass is 361 g/mol. The van der Waals surface area contributed by atoms with Crippen molar-refractivity contribution in [1.82, 2.24) is 5.32 Å². The van der Waals surface area contributed by atoms with Crippen molar-refractivity contribution in [1.29, 1.82) is 0 Å². The molecule has 1 amide bonds. The summed E-state index contributed by atoms with van der Waals surface area (Å²) in [7, 11) is 0. The second kappa shape index (κ2) is 8.49. The molecule has 0 aliphatic carbocycles. The molecule has 0 aromatic heterocycles. The minimum Gasteiger partial charge on any atom is -0.494 e. The van der Waals surface area contributed by atoms with Crippen molar-refractivity contribution >= 4 is 22.5 Å². The highest BCUT2D eigenvalue weighted by molar-refractivity contribution is 6.11. The largest absolute Gasteiger partial charge is 0.494 e. The molecule has 0 heterocycles. The Hall–Kier alpha value is -3.14. The molecule has 3 aromatic rings. The molecule has 1 N–H and O–H groups in total. The molecule has 0 unspecified atom stereocenters. The van der Waals surface area contributed by atoms with E-state index in [4.69, 9.17) is 4.74 Å². The van der Waals surface area contributed by atoms with Crippen LogP contribution in [0.15, 0.2) is 60.7 Å². The quantitative estimate of drug-likeness (QED) is 0.643. The van der Waals surface area contributed by atoms with E-state index < -0.39 is 0 Å². The van der Waals surface area contributed by atoms with Gasteiger partial charge in [0.1, 0.15) is 5.75 Å². The lowest BCUT2D eigenvalue weighted by atomic mass is 9.94. The minimum atomic E-state index is -0.0640. The molecule has 4 heteroatoms. The van der Waals surface area contributed by atoms with Gasteiger partial charge in [-0.05, 0) is 53.9 Å². The number of rotatable bonds is 7. The molecular weight excluding hydrogens is 338 g/mol. The van der Waals surface area contributed by atoms with Crippen molar-refractivity contribution in [2.24, 2.45) is 0 Å². The molecule has 0 radical (unpaired) electrons. The Morgan fingerprint density at radius 1 is 0.963 bits per heavy atom. The molecule has 0 aliphatic rings. The van der Waals surface area contributed by atoms with Gasteiger partial charge in [0.05, 0.1) is 6.61 Å². The van der Waals surface area contributed by atoms with Crippen LogP contribution in [-0.4, -0.2) is 24.8 Å². The standard InChI is InChI=1S/C23H23NO3/c1-3-27-21-10-9-18-13-20(23(26)17-7-5-4-6-8-17)14-19(22(18)15-21)11-12-24-16(2)25/h4-10,13-15H,3,11-12H2,1-2H3,(H,24,25). The number of amides is 1. The number of carbonyl (C=O) groups is 2. The third kappa shape index (κ3) is 4.53. The highest BCUT2D eigenvalue weighted by atomic mass is 16.5. The Labute approximate surface area is 159 Å². The Morgan fingerprint density at radius 2 is 1.74 bits per heavy atom. The zero-order valence-corrected chi connectivity index (χ0v) is 15.6. The Morgan fingerprint density at radius 3 is 2.44 bits per heavy atom. The average molecular weight is 361 g/mol. The topological polar surface area (TPSA) is 55.4 Å². The molecule has 27 heavy (non-hydrogen) atoms. The van der Waals surface area contributed by atoms with E-state index in [1.54, 1.807) is 0 Å². The molecule has 3 rings (SSSR count). The number of hydrogen-bond acceptors (Lipinski definition) is 3. The van der Waals surface area contributed by atoms with Crippen LogP contribution >= 0.6 is 0 Å². The number of hydrogen-bond donors (Lipinski definition) is 1. The number of carbonyl (C=O) groups excluding carboxylic acids is 2. The van der Waals surface area contributed by atoms with Crippen molar-refractivity contribution in [3.63, 3.8) is 0 Å². The zero-order chi connectivity index (χ0) is 19.2. The van der Waals surface area contributed by atoms with Crippen molar-refractivity contribution in [2.75, 3.05) is 13.2 Å². The Kier molecular flexibility index (Phi) is 5.87.